The van der Waals surface area contributed by atoms with Gasteiger partial charge in [0.15, 0.2) is 0 Å². The lowest BCUT2D eigenvalue weighted by Gasteiger charge is -2.39. The smallest absolute Gasteiger partial charge is 0.239 e. The van der Waals surface area contributed by atoms with E-state index in [0.717, 1.165) is 12.3 Å². The van der Waals surface area contributed by atoms with E-state index in [-0.39, 0.29) is 18.1 Å². The van der Waals surface area contributed by atoms with E-state index < -0.39 is 11.4 Å². The van der Waals surface area contributed by atoms with Gasteiger partial charge in [0.05, 0.1) is 12.7 Å². The molecule has 2 aliphatic carbocycles. The van der Waals surface area contributed by atoms with Crippen LogP contribution in [0.3, 0.4) is 0 Å². The second-order valence-electron chi connectivity index (χ2n) is 7.19. The van der Waals surface area contributed by atoms with E-state index >= 15 is 0 Å². The van der Waals surface area contributed by atoms with E-state index in [9.17, 15) is 4.79 Å². The SMILES string of the molecule is CC(N)(COC1CC2CCC1(C)C2(C)C)C(N)=O. The van der Waals surface area contributed by atoms with E-state index in [1.54, 1.807) is 6.92 Å². The van der Waals surface area contributed by atoms with Gasteiger partial charge in [-0.2, -0.15) is 0 Å². The minimum atomic E-state index is -1.07. The Balaban J connectivity index is 2.04. The van der Waals surface area contributed by atoms with E-state index in [2.05, 4.69) is 20.8 Å². The highest BCUT2D eigenvalue weighted by Crippen LogP contribution is 2.66. The molecule has 4 N–H and O–H groups in total. The number of carbonyl (C=O) groups is 1. The molecule has 2 aliphatic rings. The minimum absolute atomic E-state index is 0.200. The van der Waals surface area contributed by atoms with E-state index in [0.29, 0.717) is 5.41 Å². The molecular weight excluding hydrogens is 228 g/mol. The highest BCUT2D eigenvalue weighted by atomic mass is 16.5. The molecule has 18 heavy (non-hydrogen) atoms. The van der Waals surface area contributed by atoms with Crippen molar-refractivity contribution >= 4 is 5.91 Å². The first-order valence-electron chi connectivity index (χ1n) is 6.82. The number of carbonyl (C=O) groups excluding carboxylic acids is 1. The van der Waals surface area contributed by atoms with E-state index in [1.807, 2.05) is 0 Å². The summed E-state index contributed by atoms with van der Waals surface area (Å²) in [7, 11) is 0. The van der Waals surface area contributed by atoms with Crippen molar-refractivity contribution in [1.82, 2.24) is 0 Å². The fourth-order valence-corrected chi connectivity index (χ4v) is 3.73. The van der Waals surface area contributed by atoms with Crippen LogP contribution in [0, 0.1) is 16.7 Å². The summed E-state index contributed by atoms with van der Waals surface area (Å²) in [6.07, 6.45) is 3.78. The van der Waals surface area contributed by atoms with Crippen LogP contribution in [-0.4, -0.2) is 24.2 Å². The van der Waals surface area contributed by atoms with Gasteiger partial charge in [0.2, 0.25) is 5.91 Å². The molecule has 2 fully saturated rings. The first-order valence-corrected chi connectivity index (χ1v) is 6.82. The molecule has 0 aliphatic heterocycles. The summed E-state index contributed by atoms with van der Waals surface area (Å²) in [5.74, 6) is 0.222. The second-order valence-corrected chi connectivity index (χ2v) is 7.19. The Bertz CT molecular complexity index is 365. The number of rotatable bonds is 4. The molecule has 0 aromatic heterocycles. The molecule has 0 radical (unpaired) electrons. The van der Waals surface area contributed by atoms with Crippen LogP contribution in [0.15, 0.2) is 0 Å². The van der Waals surface area contributed by atoms with Gasteiger partial charge in [0.1, 0.15) is 5.54 Å². The Kier molecular flexibility index (Phi) is 3.02. The van der Waals surface area contributed by atoms with Crippen LogP contribution < -0.4 is 11.5 Å². The van der Waals surface area contributed by atoms with E-state index in [1.165, 1.54) is 12.8 Å². The lowest BCUT2D eigenvalue weighted by Crippen LogP contribution is -2.54. The van der Waals surface area contributed by atoms with Crippen LogP contribution in [0.25, 0.3) is 0 Å². The number of primary amides is 1. The van der Waals surface area contributed by atoms with Crippen molar-refractivity contribution in [3.63, 3.8) is 0 Å². The van der Waals surface area contributed by atoms with Crippen molar-refractivity contribution in [2.45, 2.75) is 58.6 Å². The standard InChI is InChI=1S/C14H26N2O2/c1-12(2)9-5-6-13(12,3)10(7-9)18-8-14(4,16)11(15)17/h9-10H,5-8,16H2,1-4H3,(H2,15,17). The zero-order valence-corrected chi connectivity index (χ0v) is 12.0. The molecule has 0 spiro atoms. The summed E-state index contributed by atoms with van der Waals surface area (Å²) in [4.78, 5) is 11.2. The molecule has 0 aromatic rings. The summed E-state index contributed by atoms with van der Waals surface area (Å²) in [6.45, 7) is 8.83. The number of fused-ring (bicyclic) bond motifs is 2. The van der Waals surface area contributed by atoms with Crippen molar-refractivity contribution in [2.24, 2.45) is 28.2 Å². The molecule has 2 bridgehead atoms. The Morgan fingerprint density at radius 3 is 2.44 bits per heavy atom. The summed E-state index contributed by atoms with van der Waals surface area (Å²) < 4.78 is 5.98. The van der Waals surface area contributed by atoms with Crippen molar-refractivity contribution in [1.29, 1.82) is 0 Å². The zero-order valence-electron chi connectivity index (χ0n) is 12.0. The fourth-order valence-electron chi connectivity index (χ4n) is 3.73. The largest absolute Gasteiger partial charge is 0.375 e. The Labute approximate surface area is 109 Å². The molecule has 4 unspecified atom stereocenters. The van der Waals surface area contributed by atoms with Crippen molar-refractivity contribution in [3.05, 3.63) is 0 Å². The van der Waals surface area contributed by atoms with Crippen molar-refractivity contribution in [2.75, 3.05) is 6.61 Å². The summed E-state index contributed by atoms with van der Waals surface area (Å²) in [5, 5.41) is 0. The third-order valence-corrected chi connectivity index (χ3v) is 5.86. The van der Waals surface area contributed by atoms with Crippen LogP contribution in [0.2, 0.25) is 0 Å². The Hall–Kier alpha value is -0.610. The van der Waals surface area contributed by atoms with Crippen LogP contribution in [0.1, 0.15) is 47.0 Å². The van der Waals surface area contributed by atoms with Crippen molar-refractivity contribution < 1.29 is 9.53 Å². The van der Waals surface area contributed by atoms with Gasteiger partial charge in [0.25, 0.3) is 0 Å². The van der Waals surface area contributed by atoms with Gasteiger partial charge in [-0.05, 0) is 42.9 Å². The fraction of sp³-hybridized carbons (Fsp3) is 0.929. The third-order valence-electron chi connectivity index (χ3n) is 5.86. The first kappa shape index (κ1) is 13.8. The topological polar surface area (TPSA) is 78.3 Å². The molecule has 0 heterocycles. The van der Waals surface area contributed by atoms with Gasteiger partial charge in [-0.1, -0.05) is 20.8 Å². The predicted molar refractivity (Wildman–Crippen MR) is 70.8 cm³/mol. The third kappa shape index (κ3) is 1.77. The quantitative estimate of drug-likeness (QED) is 0.796. The van der Waals surface area contributed by atoms with Gasteiger partial charge in [-0.25, -0.2) is 0 Å². The summed E-state index contributed by atoms with van der Waals surface area (Å²) in [6, 6.07) is 0. The number of amides is 1. The maximum absolute atomic E-state index is 11.2. The van der Waals surface area contributed by atoms with Crippen LogP contribution in [-0.2, 0) is 9.53 Å². The first-order chi connectivity index (χ1) is 8.11. The number of nitrogens with two attached hydrogens (primary N) is 2. The van der Waals surface area contributed by atoms with Gasteiger partial charge in [-0.3, -0.25) is 4.79 Å². The average molecular weight is 254 g/mol. The maximum atomic E-state index is 11.2. The second kappa shape index (κ2) is 3.94. The van der Waals surface area contributed by atoms with Crippen LogP contribution >= 0.6 is 0 Å². The van der Waals surface area contributed by atoms with Gasteiger partial charge in [0, 0.05) is 0 Å². The lowest BCUT2D eigenvalue weighted by atomic mass is 9.70. The van der Waals surface area contributed by atoms with E-state index in [4.69, 9.17) is 16.2 Å². The summed E-state index contributed by atoms with van der Waals surface area (Å²) in [5.41, 5.74) is 10.6. The number of hydrogen-bond acceptors (Lipinski definition) is 3. The van der Waals surface area contributed by atoms with Gasteiger partial charge < -0.3 is 16.2 Å². The number of hydrogen-bond donors (Lipinski definition) is 2. The predicted octanol–water partition coefficient (Wildman–Crippen LogP) is 1.42. The average Bonchev–Trinajstić information content (AvgIpc) is 2.58. The van der Waals surface area contributed by atoms with Crippen molar-refractivity contribution in [3.8, 4) is 0 Å². The molecule has 0 aromatic carbocycles. The molecule has 2 rings (SSSR count). The van der Waals surface area contributed by atoms with Gasteiger partial charge in [-0.15, -0.1) is 0 Å². The summed E-state index contributed by atoms with van der Waals surface area (Å²) >= 11 is 0. The highest BCUT2D eigenvalue weighted by Gasteiger charge is 2.62. The van der Waals surface area contributed by atoms with Crippen LogP contribution in [0.5, 0.6) is 0 Å². The molecule has 0 saturated heterocycles. The molecule has 4 atom stereocenters. The molecule has 104 valence electrons. The monoisotopic (exact) mass is 254 g/mol. The highest BCUT2D eigenvalue weighted by molar-refractivity contribution is 5.83. The minimum Gasteiger partial charge on any atom is -0.375 e. The Morgan fingerprint density at radius 2 is 2.06 bits per heavy atom. The number of ether oxygens (including phenoxy) is 1. The zero-order chi connectivity index (χ0) is 13.8. The lowest BCUT2D eigenvalue weighted by molar-refractivity contribution is -0.128. The van der Waals surface area contributed by atoms with Gasteiger partial charge >= 0.3 is 0 Å². The molecule has 1 amide bonds. The normalized spacial score (nSPS) is 40.7. The Morgan fingerprint density at radius 1 is 1.44 bits per heavy atom. The van der Waals surface area contributed by atoms with Crippen LogP contribution in [0.4, 0.5) is 0 Å². The molecular formula is C14H26N2O2. The molecule has 2 saturated carbocycles. The molecule has 4 nitrogen and oxygen atoms in total. The molecule has 4 heteroatoms. The maximum Gasteiger partial charge on any atom is 0.239 e.